The fraction of sp³-hybridized carbons (Fsp3) is 0.391. The number of hydrogen-bond donors (Lipinski definition) is 1. The Labute approximate surface area is 193 Å². The van der Waals surface area contributed by atoms with Gasteiger partial charge in [-0.05, 0) is 42.2 Å². The average molecular weight is 467 g/mol. The number of halogens is 2. The molecular formula is C23H28Cl2N2O2S. The monoisotopic (exact) mass is 466 g/mol. The summed E-state index contributed by atoms with van der Waals surface area (Å²) in [5.41, 5.74) is 1.89. The van der Waals surface area contributed by atoms with Crippen molar-refractivity contribution in [2.24, 2.45) is 0 Å². The van der Waals surface area contributed by atoms with E-state index in [1.165, 1.54) is 11.8 Å². The quantitative estimate of drug-likeness (QED) is 0.471. The van der Waals surface area contributed by atoms with Gasteiger partial charge in [-0.1, -0.05) is 67.4 Å². The van der Waals surface area contributed by atoms with Crippen LogP contribution in [0.3, 0.4) is 0 Å². The predicted molar refractivity (Wildman–Crippen MR) is 127 cm³/mol. The maximum Gasteiger partial charge on any atom is 0.242 e. The molecule has 7 heteroatoms. The van der Waals surface area contributed by atoms with Crippen molar-refractivity contribution >= 4 is 46.8 Å². The fourth-order valence-corrected chi connectivity index (χ4v) is 4.33. The molecule has 0 aromatic heterocycles. The van der Waals surface area contributed by atoms with Crippen molar-refractivity contribution in [3.8, 4) is 0 Å². The second-order valence-corrected chi connectivity index (χ2v) is 8.78. The molecule has 0 fully saturated rings. The van der Waals surface area contributed by atoms with E-state index in [0.717, 1.165) is 17.5 Å². The number of hydrogen-bond acceptors (Lipinski definition) is 3. The van der Waals surface area contributed by atoms with Crippen molar-refractivity contribution in [1.29, 1.82) is 0 Å². The third-order valence-corrected chi connectivity index (χ3v) is 6.21. The zero-order valence-electron chi connectivity index (χ0n) is 17.4. The number of carbonyl (C=O) groups excluding carboxylic acids is 2. The number of rotatable bonds is 11. The number of thioether (sulfide) groups is 1. The fourth-order valence-electron chi connectivity index (χ4n) is 3.06. The van der Waals surface area contributed by atoms with Gasteiger partial charge in [-0.25, -0.2) is 0 Å². The molecule has 162 valence electrons. The molecule has 1 atom stereocenters. The topological polar surface area (TPSA) is 49.4 Å². The number of amides is 2. The molecule has 30 heavy (non-hydrogen) atoms. The highest BCUT2D eigenvalue weighted by Gasteiger charge is 2.28. The zero-order valence-corrected chi connectivity index (χ0v) is 19.7. The Hall–Kier alpha value is -1.69. The maximum absolute atomic E-state index is 13.2. The van der Waals surface area contributed by atoms with Gasteiger partial charge in [0.2, 0.25) is 11.8 Å². The third-order valence-electron chi connectivity index (χ3n) is 4.62. The molecule has 0 aliphatic rings. The van der Waals surface area contributed by atoms with Crippen molar-refractivity contribution in [2.75, 3.05) is 12.3 Å². The van der Waals surface area contributed by atoms with Gasteiger partial charge < -0.3 is 10.2 Å². The van der Waals surface area contributed by atoms with Crippen molar-refractivity contribution in [1.82, 2.24) is 10.2 Å². The summed E-state index contributed by atoms with van der Waals surface area (Å²) in [5.74, 6) is 0.736. The van der Waals surface area contributed by atoms with Gasteiger partial charge in [-0.3, -0.25) is 9.59 Å². The summed E-state index contributed by atoms with van der Waals surface area (Å²) in [4.78, 5) is 27.5. The lowest BCUT2D eigenvalue weighted by Gasteiger charge is -2.31. The first kappa shape index (κ1) is 24.6. The van der Waals surface area contributed by atoms with E-state index in [1.54, 1.807) is 11.0 Å². The van der Waals surface area contributed by atoms with Crippen molar-refractivity contribution in [2.45, 2.75) is 45.0 Å². The first-order chi connectivity index (χ1) is 14.5. The van der Waals surface area contributed by atoms with E-state index >= 15 is 0 Å². The van der Waals surface area contributed by atoms with Crippen molar-refractivity contribution < 1.29 is 9.59 Å². The summed E-state index contributed by atoms with van der Waals surface area (Å²) in [5, 5.41) is 4.19. The summed E-state index contributed by atoms with van der Waals surface area (Å²) >= 11 is 13.9. The molecule has 0 unspecified atom stereocenters. The minimum absolute atomic E-state index is 0.0829. The van der Waals surface area contributed by atoms with Crippen LogP contribution in [-0.2, 0) is 21.9 Å². The van der Waals surface area contributed by atoms with Crippen LogP contribution >= 0.6 is 35.0 Å². The molecule has 2 aromatic rings. The molecule has 0 spiro atoms. The number of carbonyl (C=O) groups is 2. The first-order valence-electron chi connectivity index (χ1n) is 10.1. The van der Waals surface area contributed by atoms with E-state index in [2.05, 4.69) is 5.32 Å². The van der Waals surface area contributed by atoms with E-state index in [-0.39, 0.29) is 17.6 Å². The Morgan fingerprint density at radius 1 is 1.10 bits per heavy atom. The van der Waals surface area contributed by atoms with Gasteiger partial charge in [0.05, 0.1) is 5.75 Å². The lowest BCUT2D eigenvalue weighted by atomic mass is 10.1. The molecule has 2 rings (SSSR count). The van der Waals surface area contributed by atoms with Gasteiger partial charge >= 0.3 is 0 Å². The second-order valence-electron chi connectivity index (χ2n) is 6.95. The number of nitrogens with zero attached hydrogens (tertiary/aromatic N) is 1. The van der Waals surface area contributed by atoms with Gasteiger partial charge in [0.25, 0.3) is 0 Å². The normalized spacial score (nSPS) is 11.7. The number of nitrogens with one attached hydrogen (secondary N) is 1. The molecule has 1 N–H and O–H groups in total. The summed E-state index contributed by atoms with van der Waals surface area (Å²) in [6.45, 7) is 4.81. The molecule has 0 heterocycles. The van der Waals surface area contributed by atoms with Crippen LogP contribution in [0.4, 0.5) is 0 Å². The lowest BCUT2D eigenvalue weighted by Crippen LogP contribution is -2.49. The smallest absolute Gasteiger partial charge is 0.242 e. The largest absolute Gasteiger partial charge is 0.354 e. The summed E-state index contributed by atoms with van der Waals surface area (Å²) in [6.07, 6.45) is 1.38. The molecule has 2 amide bonds. The van der Waals surface area contributed by atoms with E-state index in [0.29, 0.717) is 35.3 Å². The Bertz CT molecular complexity index is 847. The highest BCUT2D eigenvalue weighted by molar-refractivity contribution is 7.99. The van der Waals surface area contributed by atoms with Crippen LogP contribution in [0.15, 0.2) is 48.5 Å². The molecule has 0 aliphatic carbocycles. The van der Waals surface area contributed by atoms with Crippen LogP contribution in [0, 0.1) is 0 Å². The highest BCUT2D eigenvalue weighted by atomic mass is 35.5. The Kier molecular flexibility index (Phi) is 10.6. The van der Waals surface area contributed by atoms with Gasteiger partial charge in [0.1, 0.15) is 6.04 Å². The van der Waals surface area contributed by atoms with Gasteiger partial charge in [-0.15, -0.1) is 11.8 Å². The first-order valence-corrected chi connectivity index (χ1v) is 12.0. The van der Waals surface area contributed by atoms with Gasteiger partial charge in [0, 0.05) is 28.9 Å². The molecule has 4 nitrogen and oxygen atoms in total. The lowest BCUT2D eigenvalue weighted by molar-refractivity contribution is -0.139. The van der Waals surface area contributed by atoms with Crippen LogP contribution in [-0.4, -0.2) is 35.1 Å². The average Bonchev–Trinajstić information content (AvgIpc) is 2.73. The standard InChI is InChI=1S/C23H28Cl2N2O2S/c1-3-12-26-23(29)21(4-2)27(14-18-9-5-6-11-20(18)25)22(28)16-30-15-17-8-7-10-19(24)13-17/h5-11,13,21H,3-4,12,14-16H2,1-2H3,(H,26,29)/t21-/m1/s1. The molecule has 2 aromatic carbocycles. The maximum atomic E-state index is 13.2. The van der Waals surface area contributed by atoms with Crippen LogP contribution < -0.4 is 5.32 Å². The zero-order chi connectivity index (χ0) is 21.9. The molecular weight excluding hydrogens is 439 g/mol. The SMILES string of the molecule is CCCNC(=O)[C@@H](CC)N(Cc1ccccc1Cl)C(=O)CSCc1cccc(Cl)c1. The van der Waals surface area contributed by atoms with Gasteiger partial charge in [0.15, 0.2) is 0 Å². The second kappa shape index (κ2) is 12.9. The van der Waals surface area contributed by atoms with Crippen LogP contribution in [0.25, 0.3) is 0 Å². The van der Waals surface area contributed by atoms with E-state index in [9.17, 15) is 9.59 Å². The Morgan fingerprint density at radius 2 is 1.87 bits per heavy atom. The summed E-state index contributed by atoms with van der Waals surface area (Å²) in [7, 11) is 0. The van der Waals surface area contributed by atoms with Crippen molar-refractivity contribution in [3.05, 3.63) is 69.7 Å². The van der Waals surface area contributed by atoms with E-state index in [1.807, 2.05) is 56.3 Å². The van der Waals surface area contributed by atoms with Crippen LogP contribution in [0.5, 0.6) is 0 Å². The Balaban J connectivity index is 2.12. The van der Waals surface area contributed by atoms with E-state index in [4.69, 9.17) is 23.2 Å². The minimum Gasteiger partial charge on any atom is -0.354 e. The van der Waals surface area contributed by atoms with Crippen LogP contribution in [0.2, 0.25) is 10.0 Å². The Morgan fingerprint density at radius 3 is 2.53 bits per heavy atom. The van der Waals surface area contributed by atoms with Crippen molar-refractivity contribution in [3.63, 3.8) is 0 Å². The summed E-state index contributed by atoms with van der Waals surface area (Å²) < 4.78 is 0. The number of benzene rings is 2. The van der Waals surface area contributed by atoms with Gasteiger partial charge in [-0.2, -0.15) is 0 Å². The third kappa shape index (κ3) is 7.53. The predicted octanol–water partition coefficient (Wildman–Crippen LogP) is 5.56. The molecule has 0 saturated heterocycles. The summed E-state index contributed by atoms with van der Waals surface area (Å²) in [6, 6.07) is 14.5. The van der Waals surface area contributed by atoms with E-state index < -0.39 is 6.04 Å². The highest BCUT2D eigenvalue weighted by Crippen LogP contribution is 2.22. The van der Waals surface area contributed by atoms with Crippen LogP contribution in [0.1, 0.15) is 37.8 Å². The molecule has 0 radical (unpaired) electrons. The molecule has 0 aliphatic heterocycles. The molecule has 0 saturated carbocycles. The molecule has 0 bridgehead atoms. The minimum atomic E-state index is -0.535.